The van der Waals surface area contributed by atoms with Gasteiger partial charge in [-0.25, -0.2) is 15.0 Å². The molecule has 170 valence electrons. The molecule has 3 heterocycles. The van der Waals surface area contributed by atoms with Crippen LogP contribution in [0.25, 0.3) is 22.3 Å². The maximum atomic E-state index is 13.4. The summed E-state index contributed by atoms with van der Waals surface area (Å²) in [5, 5.41) is 8.22. The van der Waals surface area contributed by atoms with Crippen molar-refractivity contribution in [3.63, 3.8) is 0 Å². The van der Waals surface area contributed by atoms with Crippen molar-refractivity contribution in [1.29, 1.82) is 0 Å². The van der Waals surface area contributed by atoms with E-state index in [2.05, 4.69) is 25.4 Å². The summed E-state index contributed by atoms with van der Waals surface area (Å²) >= 11 is 6.33. The first-order chi connectivity index (χ1) is 15.8. The maximum Gasteiger partial charge on any atom is 0.263 e. The van der Waals surface area contributed by atoms with Gasteiger partial charge in [-0.15, -0.1) is 0 Å². The van der Waals surface area contributed by atoms with E-state index in [4.69, 9.17) is 26.8 Å². The van der Waals surface area contributed by atoms with Crippen LogP contribution in [0.5, 0.6) is 0 Å². The quantitative estimate of drug-likeness (QED) is 0.429. The van der Waals surface area contributed by atoms with E-state index < -0.39 is 0 Å². The molecule has 1 saturated carbocycles. The Morgan fingerprint density at radius 2 is 2.00 bits per heavy atom. The molecule has 11 heteroatoms. The summed E-state index contributed by atoms with van der Waals surface area (Å²) in [5.41, 5.74) is 7.00. The molecule has 10 nitrogen and oxygen atoms in total. The van der Waals surface area contributed by atoms with Crippen molar-refractivity contribution < 1.29 is 4.52 Å². The first-order valence-corrected chi connectivity index (χ1v) is 11.1. The molecule has 3 aromatic heterocycles. The molecule has 0 aliphatic heterocycles. The minimum absolute atomic E-state index is 0.0639. The lowest BCUT2D eigenvalue weighted by atomic mass is 10.2. The van der Waals surface area contributed by atoms with Crippen LogP contribution in [0, 0.1) is 0 Å². The number of hydrogen-bond donors (Lipinski definition) is 2. The molecule has 0 amide bonds. The Kier molecular flexibility index (Phi) is 5.24. The molecule has 0 bridgehead atoms. The number of nitrogens with one attached hydrogen (secondary N) is 1. The molecule has 0 radical (unpaired) electrons. The molecule has 33 heavy (non-hydrogen) atoms. The van der Waals surface area contributed by atoms with Crippen LogP contribution in [0.1, 0.15) is 63.3 Å². The molecule has 1 aliphatic carbocycles. The molecule has 0 saturated heterocycles. The van der Waals surface area contributed by atoms with Crippen molar-refractivity contribution in [2.75, 3.05) is 11.1 Å². The average molecular weight is 467 g/mol. The van der Waals surface area contributed by atoms with Crippen LogP contribution >= 0.6 is 11.6 Å². The van der Waals surface area contributed by atoms with Crippen LogP contribution in [0.3, 0.4) is 0 Å². The van der Waals surface area contributed by atoms with Gasteiger partial charge in [-0.3, -0.25) is 9.36 Å². The number of nitrogens with zero attached hydrogens (tertiary/aromatic N) is 6. The highest BCUT2D eigenvalue weighted by atomic mass is 35.5. The summed E-state index contributed by atoms with van der Waals surface area (Å²) in [5.74, 6) is 2.08. The van der Waals surface area contributed by atoms with E-state index in [9.17, 15) is 4.79 Å². The summed E-state index contributed by atoms with van der Waals surface area (Å²) in [4.78, 5) is 31.0. The summed E-state index contributed by atoms with van der Waals surface area (Å²) in [6.07, 6.45) is 3.20. The molecule has 1 aromatic carbocycles. The minimum atomic E-state index is -0.383. The third-order valence-electron chi connectivity index (χ3n) is 5.59. The zero-order chi connectivity index (χ0) is 23.3. The van der Waals surface area contributed by atoms with Gasteiger partial charge >= 0.3 is 0 Å². The fraction of sp³-hybridized carbons (Fsp3) is 0.364. The zero-order valence-electron chi connectivity index (χ0n) is 18.4. The molecule has 1 fully saturated rings. The molecule has 4 aromatic rings. The number of halogens is 1. The first-order valence-electron chi connectivity index (χ1n) is 10.8. The highest BCUT2D eigenvalue weighted by molar-refractivity contribution is 6.35. The normalized spacial score (nSPS) is 14.7. The summed E-state index contributed by atoms with van der Waals surface area (Å²) in [7, 11) is 0. The number of benzene rings is 1. The van der Waals surface area contributed by atoms with Gasteiger partial charge in [0.1, 0.15) is 29.4 Å². The number of rotatable bonds is 6. The summed E-state index contributed by atoms with van der Waals surface area (Å²) in [6.45, 7) is 5.82. The maximum absolute atomic E-state index is 13.4. The molecular formula is C22H23ClN8O2. The molecule has 1 unspecified atom stereocenters. The summed E-state index contributed by atoms with van der Waals surface area (Å²) < 4.78 is 7.08. The lowest BCUT2D eigenvalue weighted by Gasteiger charge is -2.21. The van der Waals surface area contributed by atoms with Gasteiger partial charge in [0, 0.05) is 12.0 Å². The van der Waals surface area contributed by atoms with E-state index in [-0.39, 0.29) is 29.4 Å². The van der Waals surface area contributed by atoms with Gasteiger partial charge in [-0.1, -0.05) is 36.7 Å². The Morgan fingerprint density at radius 3 is 2.70 bits per heavy atom. The number of anilines is 2. The molecule has 3 N–H and O–H groups in total. The van der Waals surface area contributed by atoms with Gasteiger partial charge in [0.05, 0.1) is 22.0 Å². The second kappa shape index (κ2) is 8.11. The smallest absolute Gasteiger partial charge is 0.263 e. The van der Waals surface area contributed by atoms with Gasteiger partial charge in [-0.05, 0) is 31.9 Å². The summed E-state index contributed by atoms with van der Waals surface area (Å²) in [6, 6.07) is 5.00. The number of fused-ring (bicyclic) bond motifs is 1. The standard InChI is InChI=1S/C22H23ClN8O2/c1-10(2)21-29-19(30-33-21)16-17(24)25-9-26-18(16)27-11(3)20-28-14-6-4-5-13(23)15(14)22(32)31(20)12-7-8-12/h4-6,9-12H,7-8H2,1-3H3,(H3,24,25,26,27). The highest BCUT2D eigenvalue weighted by Gasteiger charge is 2.31. The largest absolute Gasteiger partial charge is 0.383 e. The Morgan fingerprint density at radius 1 is 1.21 bits per heavy atom. The van der Waals surface area contributed by atoms with E-state index in [0.717, 1.165) is 12.8 Å². The molecular weight excluding hydrogens is 444 g/mol. The van der Waals surface area contributed by atoms with Gasteiger partial charge in [-0.2, -0.15) is 4.98 Å². The van der Waals surface area contributed by atoms with Crippen molar-refractivity contribution in [3.05, 3.63) is 51.6 Å². The third-order valence-corrected chi connectivity index (χ3v) is 5.91. The van der Waals surface area contributed by atoms with Crippen molar-refractivity contribution in [2.45, 2.75) is 51.6 Å². The average Bonchev–Trinajstić information content (AvgIpc) is 3.48. The van der Waals surface area contributed by atoms with Gasteiger partial charge in [0.25, 0.3) is 5.56 Å². The van der Waals surface area contributed by atoms with E-state index >= 15 is 0 Å². The lowest BCUT2D eigenvalue weighted by Crippen LogP contribution is -2.28. The van der Waals surface area contributed by atoms with Crippen LogP contribution in [0.15, 0.2) is 33.8 Å². The van der Waals surface area contributed by atoms with Crippen LogP contribution in [-0.4, -0.2) is 29.7 Å². The highest BCUT2D eigenvalue weighted by Crippen LogP contribution is 2.37. The van der Waals surface area contributed by atoms with Crippen LogP contribution in [0.2, 0.25) is 5.02 Å². The van der Waals surface area contributed by atoms with Crippen molar-refractivity contribution in [2.24, 2.45) is 0 Å². The van der Waals surface area contributed by atoms with E-state index in [1.54, 1.807) is 22.8 Å². The number of hydrogen-bond acceptors (Lipinski definition) is 9. The van der Waals surface area contributed by atoms with Gasteiger partial charge in [0.15, 0.2) is 0 Å². The van der Waals surface area contributed by atoms with Crippen molar-refractivity contribution in [1.82, 2.24) is 29.7 Å². The fourth-order valence-electron chi connectivity index (χ4n) is 3.78. The Balaban J connectivity index is 1.59. The third kappa shape index (κ3) is 3.80. The monoisotopic (exact) mass is 466 g/mol. The predicted octanol–water partition coefficient (Wildman–Crippen LogP) is 4.10. The minimum Gasteiger partial charge on any atom is -0.383 e. The number of nitrogen functional groups attached to an aromatic ring is 1. The van der Waals surface area contributed by atoms with Crippen LogP contribution in [0.4, 0.5) is 11.6 Å². The molecule has 5 rings (SSSR count). The van der Waals surface area contributed by atoms with Crippen LogP contribution in [-0.2, 0) is 0 Å². The number of aromatic nitrogens is 6. The second-order valence-electron chi connectivity index (χ2n) is 8.47. The SMILES string of the molecule is CC(C)c1nc(-c2c(N)ncnc2NC(C)c2nc3cccc(Cl)c3c(=O)n2C2CC2)no1. The Hall–Kier alpha value is -3.53. The predicted molar refractivity (Wildman–Crippen MR) is 125 cm³/mol. The second-order valence-corrected chi connectivity index (χ2v) is 8.88. The topological polar surface area (TPSA) is 138 Å². The molecule has 1 atom stereocenters. The molecule has 1 aliphatic rings. The Labute approximate surface area is 194 Å². The van der Waals surface area contributed by atoms with Crippen molar-refractivity contribution >= 4 is 34.1 Å². The fourth-order valence-corrected chi connectivity index (χ4v) is 4.03. The zero-order valence-corrected chi connectivity index (χ0v) is 19.2. The van der Waals surface area contributed by atoms with Crippen molar-refractivity contribution in [3.8, 4) is 11.4 Å². The van der Waals surface area contributed by atoms with Gasteiger partial charge < -0.3 is 15.6 Å². The lowest BCUT2D eigenvalue weighted by molar-refractivity contribution is 0.365. The van der Waals surface area contributed by atoms with E-state index in [1.807, 2.05) is 20.8 Å². The van der Waals surface area contributed by atoms with Gasteiger partial charge in [0.2, 0.25) is 11.7 Å². The number of nitrogens with two attached hydrogens (primary N) is 1. The molecule has 0 spiro atoms. The first kappa shape index (κ1) is 21.3. The van der Waals surface area contributed by atoms with Crippen LogP contribution < -0.4 is 16.6 Å². The Bertz CT molecular complexity index is 1410. The van der Waals surface area contributed by atoms with E-state index in [1.165, 1.54) is 6.33 Å². The van der Waals surface area contributed by atoms with E-state index in [0.29, 0.717) is 44.8 Å².